The third-order valence-corrected chi connectivity index (χ3v) is 8.87. The predicted octanol–water partition coefficient (Wildman–Crippen LogP) is 11.0. The van der Waals surface area contributed by atoms with Crippen LogP contribution in [0.15, 0.2) is 150 Å². The summed E-state index contributed by atoms with van der Waals surface area (Å²) in [4.78, 5) is 7.42. The van der Waals surface area contributed by atoms with E-state index in [1.165, 1.54) is 22.2 Å². The maximum absolute atomic E-state index is 6.54. The second kappa shape index (κ2) is 10.4. The summed E-state index contributed by atoms with van der Waals surface area (Å²) in [5, 5.41) is 3.49. The van der Waals surface area contributed by atoms with Gasteiger partial charge in [-0.05, 0) is 90.5 Å². The van der Waals surface area contributed by atoms with Gasteiger partial charge < -0.3 is 13.9 Å². The lowest BCUT2D eigenvalue weighted by atomic mass is 10.0. The van der Waals surface area contributed by atoms with E-state index in [1.54, 1.807) is 0 Å². The van der Waals surface area contributed by atoms with Crippen LogP contribution in [0.2, 0.25) is 0 Å². The van der Waals surface area contributed by atoms with E-state index in [4.69, 9.17) is 9.40 Å². The molecule has 0 aliphatic heterocycles. The second-order valence-electron chi connectivity index (χ2n) is 11.5. The summed E-state index contributed by atoms with van der Waals surface area (Å²) in [6.07, 6.45) is 6.72. The lowest BCUT2D eigenvalue weighted by molar-refractivity contribution is 0.623. The van der Waals surface area contributed by atoms with Gasteiger partial charge >= 0.3 is 0 Å². The molecule has 2 heterocycles. The Hall–Kier alpha value is -5.87. The molecule has 8 aromatic rings. The fourth-order valence-corrected chi connectivity index (χ4v) is 6.82. The number of aromatic nitrogens is 2. The van der Waals surface area contributed by atoms with Crippen LogP contribution in [0.1, 0.15) is 17.7 Å². The van der Waals surface area contributed by atoms with E-state index >= 15 is 0 Å². The quantitative estimate of drug-likeness (QED) is 0.203. The average Bonchev–Trinajstić information content (AvgIpc) is 3.71. The van der Waals surface area contributed by atoms with Crippen molar-refractivity contribution in [3.05, 3.63) is 157 Å². The Morgan fingerprint density at radius 3 is 2.18 bits per heavy atom. The zero-order valence-electron chi connectivity index (χ0n) is 24.6. The molecular weight excluding hydrogens is 550 g/mol. The number of oxazole rings is 1. The summed E-state index contributed by atoms with van der Waals surface area (Å²) in [5.41, 5.74) is 10.7. The van der Waals surface area contributed by atoms with Crippen LogP contribution in [0.5, 0.6) is 0 Å². The Bertz CT molecular complexity index is 2360. The van der Waals surface area contributed by atoms with Crippen molar-refractivity contribution in [2.75, 3.05) is 4.90 Å². The van der Waals surface area contributed by atoms with Crippen LogP contribution in [0.25, 0.3) is 56.0 Å². The van der Waals surface area contributed by atoms with Crippen LogP contribution in [0, 0.1) is 0 Å². The molecule has 0 N–H and O–H groups in total. The lowest BCUT2D eigenvalue weighted by Crippen LogP contribution is -2.11. The highest BCUT2D eigenvalue weighted by Gasteiger charge is 2.23. The number of anilines is 3. The average molecular weight is 580 g/mol. The Kier molecular flexibility index (Phi) is 5.91. The van der Waals surface area contributed by atoms with Gasteiger partial charge in [0.2, 0.25) is 5.89 Å². The van der Waals surface area contributed by atoms with Crippen molar-refractivity contribution in [2.45, 2.75) is 12.8 Å². The molecule has 9 rings (SSSR count). The molecule has 6 aromatic carbocycles. The van der Waals surface area contributed by atoms with Crippen molar-refractivity contribution in [1.82, 2.24) is 9.55 Å². The number of benzene rings is 6. The molecular formula is C41H29N3O. The van der Waals surface area contributed by atoms with E-state index in [1.807, 2.05) is 30.3 Å². The van der Waals surface area contributed by atoms with Crippen molar-refractivity contribution in [2.24, 2.45) is 0 Å². The van der Waals surface area contributed by atoms with Crippen LogP contribution in [-0.4, -0.2) is 9.55 Å². The number of allylic oxidation sites excluding steroid dienone is 1. The van der Waals surface area contributed by atoms with Gasteiger partial charge in [-0.15, -0.1) is 0 Å². The van der Waals surface area contributed by atoms with Crippen LogP contribution in [0.3, 0.4) is 0 Å². The second-order valence-corrected chi connectivity index (χ2v) is 11.5. The molecule has 0 radical (unpaired) electrons. The van der Waals surface area contributed by atoms with Crippen molar-refractivity contribution in [3.63, 3.8) is 0 Å². The molecule has 0 spiro atoms. The zero-order chi connectivity index (χ0) is 29.7. The van der Waals surface area contributed by atoms with Crippen LogP contribution in [-0.2, 0) is 6.42 Å². The number of para-hydroxylation sites is 2. The van der Waals surface area contributed by atoms with Gasteiger partial charge in [0.15, 0.2) is 5.58 Å². The molecule has 0 unspecified atom stereocenters. The molecule has 1 aliphatic carbocycles. The summed E-state index contributed by atoms with van der Waals surface area (Å²) < 4.78 is 8.94. The number of nitrogens with zero attached hydrogens (tertiary/aromatic N) is 3. The Morgan fingerprint density at radius 1 is 0.667 bits per heavy atom. The number of aryl methyl sites for hydroxylation is 1. The highest BCUT2D eigenvalue weighted by Crippen LogP contribution is 2.43. The van der Waals surface area contributed by atoms with E-state index in [0.717, 1.165) is 63.0 Å². The van der Waals surface area contributed by atoms with Gasteiger partial charge in [0.05, 0.1) is 11.2 Å². The number of hydrogen-bond donors (Lipinski definition) is 0. The number of hydrogen-bond acceptors (Lipinski definition) is 3. The largest absolute Gasteiger partial charge is 0.435 e. The third kappa shape index (κ3) is 4.18. The topological polar surface area (TPSA) is 34.2 Å². The van der Waals surface area contributed by atoms with E-state index in [0.29, 0.717) is 5.89 Å². The molecule has 45 heavy (non-hydrogen) atoms. The molecule has 0 amide bonds. The molecule has 0 saturated heterocycles. The summed E-state index contributed by atoms with van der Waals surface area (Å²) in [5.74, 6) is 0.615. The van der Waals surface area contributed by atoms with E-state index in [-0.39, 0.29) is 0 Å². The minimum Gasteiger partial charge on any atom is -0.435 e. The van der Waals surface area contributed by atoms with Gasteiger partial charge in [0.25, 0.3) is 0 Å². The minimum absolute atomic E-state index is 0.615. The van der Waals surface area contributed by atoms with Gasteiger partial charge in [0.1, 0.15) is 5.52 Å². The fourth-order valence-electron chi connectivity index (χ4n) is 6.82. The molecule has 1 aliphatic rings. The highest BCUT2D eigenvalue weighted by molar-refractivity contribution is 6.11. The summed E-state index contributed by atoms with van der Waals surface area (Å²) in [7, 11) is 0. The maximum Gasteiger partial charge on any atom is 0.227 e. The first-order valence-electron chi connectivity index (χ1n) is 15.5. The van der Waals surface area contributed by atoms with Crippen LogP contribution >= 0.6 is 0 Å². The maximum atomic E-state index is 6.54. The van der Waals surface area contributed by atoms with Gasteiger partial charge in [-0.3, -0.25) is 0 Å². The van der Waals surface area contributed by atoms with Gasteiger partial charge in [-0.2, -0.15) is 0 Å². The Labute approximate surface area is 261 Å². The van der Waals surface area contributed by atoms with Crippen molar-refractivity contribution in [1.29, 1.82) is 0 Å². The van der Waals surface area contributed by atoms with Gasteiger partial charge in [-0.1, -0.05) is 84.9 Å². The first-order valence-corrected chi connectivity index (χ1v) is 15.5. The Balaban J connectivity index is 1.25. The number of fused-ring (bicyclic) bond motifs is 6. The normalized spacial score (nSPS) is 12.6. The van der Waals surface area contributed by atoms with E-state index in [2.05, 4.69) is 131 Å². The molecule has 4 heteroatoms. The minimum atomic E-state index is 0.615. The van der Waals surface area contributed by atoms with Crippen LogP contribution in [0.4, 0.5) is 17.1 Å². The molecule has 0 bridgehead atoms. The zero-order valence-corrected chi connectivity index (χ0v) is 24.6. The SMILES string of the molecule is C1=Cc2c(c3ccccc3n2-c2ccc(N(c3ccccc3)c3cc4ccccc4c4oc(-c5ccccc5)nc34)cc2)CC1. The smallest absolute Gasteiger partial charge is 0.227 e. The van der Waals surface area contributed by atoms with Crippen molar-refractivity contribution in [3.8, 4) is 17.1 Å². The fraction of sp³-hybridized carbons (Fsp3) is 0.0488. The standard InChI is InChI=1S/C41H29N3O/c1-3-13-28(14-4-1)41-42-39-38(27-29-15-7-8-18-33(29)40(39)45-41)43(30-16-5-2-6-17-30)31-23-25-32(26-24-31)44-36-21-11-9-19-34(36)35-20-10-12-22-37(35)44/h1-9,11-19,21-27H,10,20H2. The lowest BCUT2D eigenvalue weighted by Gasteiger charge is -2.26. The first-order chi connectivity index (χ1) is 22.3. The van der Waals surface area contributed by atoms with Crippen LogP contribution < -0.4 is 4.90 Å². The Morgan fingerprint density at radius 2 is 1.36 bits per heavy atom. The number of rotatable bonds is 5. The third-order valence-electron chi connectivity index (χ3n) is 8.87. The first kappa shape index (κ1) is 25.6. The molecule has 4 nitrogen and oxygen atoms in total. The van der Waals surface area contributed by atoms with Crippen molar-refractivity contribution >= 4 is 55.9 Å². The summed E-state index contributed by atoms with van der Waals surface area (Å²) in [6.45, 7) is 0. The van der Waals surface area contributed by atoms with E-state index < -0.39 is 0 Å². The molecule has 0 saturated carbocycles. The molecule has 2 aromatic heterocycles. The van der Waals surface area contributed by atoms with Gasteiger partial charge in [0, 0.05) is 39.1 Å². The monoisotopic (exact) mass is 579 g/mol. The molecule has 214 valence electrons. The van der Waals surface area contributed by atoms with Gasteiger partial charge in [-0.25, -0.2) is 4.98 Å². The predicted molar refractivity (Wildman–Crippen MR) is 186 cm³/mol. The van der Waals surface area contributed by atoms with Crippen molar-refractivity contribution < 1.29 is 4.42 Å². The molecule has 0 fully saturated rings. The summed E-state index contributed by atoms with van der Waals surface area (Å²) in [6, 6.07) is 48.9. The molecule has 0 atom stereocenters. The summed E-state index contributed by atoms with van der Waals surface area (Å²) >= 11 is 0. The van der Waals surface area contributed by atoms with E-state index in [9.17, 15) is 0 Å². The highest BCUT2D eigenvalue weighted by atomic mass is 16.3.